The Kier molecular flexibility index (Phi) is 6.70. The Morgan fingerprint density at radius 2 is 1.93 bits per heavy atom. The third kappa shape index (κ3) is 5.56. The van der Waals surface area contributed by atoms with Crippen LogP contribution in [-0.2, 0) is 27.8 Å². The highest BCUT2D eigenvalue weighted by atomic mass is 32.2. The minimum atomic E-state index is -3.33. The van der Waals surface area contributed by atoms with Crippen LogP contribution in [0.5, 0.6) is 5.75 Å². The zero-order valence-electron chi connectivity index (χ0n) is 16.1. The zero-order valence-corrected chi connectivity index (χ0v) is 16.9. The maximum atomic E-state index is 12.6. The number of carbonyl (C=O) groups excluding carboxylic acids is 1. The number of hydrogen-bond donors (Lipinski definition) is 1. The van der Waals surface area contributed by atoms with Crippen LogP contribution in [0.25, 0.3) is 0 Å². The molecule has 0 atom stereocenters. The van der Waals surface area contributed by atoms with E-state index in [4.69, 9.17) is 4.74 Å². The molecule has 0 radical (unpaired) electrons. The molecule has 28 heavy (non-hydrogen) atoms. The van der Waals surface area contributed by atoms with Crippen molar-refractivity contribution in [3.05, 3.63) is 65.2 Å². The summed E-state index contributed by atoms with van der Waals surface area (Å²) in [4.78, 5) is 11.9. The maximum Gasteiger partial charge on any atom is 0.257 e. The normalized spacial score (nSPS) is 14.3. The van der Waals surface area contributed by atoms with E-state index in [0.29, 0.717) is 31.8 Å². The molecule has 0 spiro atoms. The minimum Gasteiger partial charge on any atom is -0.484 e. The van der Waals surface area contributed by atoms with Crippen LogP contribution >= 0.6 is 0 Å². The van der Waals surface area contributed by atoms with E-state index >= 15 is 0 Å². The van der Waals surface area contributed by atoms with Gasteiger partial charge in [0.25, 0.3) is 5.91 Å². The van der Waals surface area contributed by atoms with Crippen LogP contribution in [0.2, 0.25) is 0 Å². The Bertz CT molecular complexity index is 928. The third-order valence-electron chi connectivity index (χ3n) is 4.75. The lowest BCUT2D eigenvalue weighted by Crippen LogP contribution is -2.38. The van der Waals surface area contributed by atoms with Crippen molar-refractivity contribution in [1.82, 2.24) is 9.62 Å². The molecule has 0 saturated carbocycles. The van der Waals surface area contributed by atoms with Crippen LogP contribution in [0, 0.1) is 6.92 Å². The van der Waals surface area contributed by atoms with Gasteiger partial charge in [0.15, 0.2) is 6.61 Å². The first kappa shape index (κ1) is 20.4. The number of aryl methyl sites for hydroxylation is 1. The number of rotatable bonds is 8. The molecule has 0 unspecified atom stereocenters. The second-order valence-electron chi connectivity index (χ2n) is 6.98. The molecule has 1 amide bonds. The molecule has 7 heteroatoms. The summed E-state index contributed by atoms with van der Waals surface area (Å²) in [6.07, 6.45) is 1.11. The number of carbonyl (C=O) groups is 1. The van der Waals surface area contributed by atoms with Gasteiger partial charge in [-0.3, -0.25) is 4.79 Å². The Labute approximate surface area is 166 Å². The van der Waals surface area contributed by atoms with Crippen LogP contribution < -0.4 is 10.1 Å². The summed E-state index contributed by atoms with van der Waals surface area (Å²) in [7, 11) is -3.33. The highest BCUT2D eigenvalue weighted by molar-refractivity contribution is 7.89. The van der Waals surface area contributed by atoms with E-state index in [2.05, 4.69) is 5.32 Å². The van der Waals surface area contributed by atoms with Gasteiger partial charge in [0.05, 0.1) is 5.75 Å². The van der Waals surface area contributed by atoms with E-state index in [1.54, 1.807) is 6.07 Å². The number of amides is 1. The number of nitrogens with one attached hydrogen (secondary N) is 1. The van der Waals surface area contributed by atoms with Crippen molar-refractivity contribution in [2.75, 3.05) is 25.4 Å². The number of hydrogen-bond acceptors (Lipinski definition) is 4. The van der Waals surface area contributed by atoms with E-state index in [9.17, 15) is 13.2 Å². The Hall–Kier alpha value is -2.38. The predicted octanol–water partition coefficient (Wildman–Crippen LogP) is 2.27. The van der Waals surface area contributed by atoms with Crippen molar-refractivity contribution in [3.8, 4) is 5.75 Å². The number of fused-ring (bicyclic) bond motifs is 1. The van der Waals surface area contributed by atoms with E-state index in [1.807, 2.05) is 49.4 Å². The van der Waals surface area contributed by atoms with Gasteiger partial charge in [0.1, 0.15) is 5.75 Å². The molecule has 0 bridgehead atoms. The lowest BCUT2D eigenvalue weighted by Gasteiger charge is -2.28. The molecule has 1 N–H and O–H groups in total. The molecule has 0 aliphatic carbocycles. The molecular formula is C21H26N2O4S. The van der Waals surface area contributed by atoms with Crippen molar-refractivity contribution >= 4 is 15.9 Å². The number of sulfonamides is 1. The van der Waals surface area contributed by atoms with Crippen molar-refractivity contribution in [2.24, 2.45) is 0 Å². The molecular weight excluding hydrogens is 376 g/mol. The second kappa shape index (κ2) is 9.21. The van der Waals surface area contributed by atoms with E-state index in [-0.39, 0.29) is 18.3 Å². The van der Waals surface area contributed by atoms with E-state index in [0.717, 1.165) is 17.5 Å². The summed E-state index contributed by atoms with van der Waals surface area (Å²) < 4.78 is 32.1. The lowest BCUT2D eigenvalue weighted by atomic mass is 10.0. The summed E-state index contributed by atoms with van der Waals surface area (Å²) in [6.45, 7) is 3.11. The second-order valence-corrected chi connectivity index (χ2v) is 9.07. The average Bonchev–Trinajstić information content (AvgIpc) is 2.69. The standard InChI is InChI=1S/C21H26N2O4S/c1-17-6-4-9-20(14-17)27-16-21(24)22-11-5-13-28(25,26)23-12-10-18-7-2-3-8-19(18)15-23/h2-4,6-9,14H,5,10-13,15-16H2,1H3,(H,22,24). The fourth-order valence-electron chi connectivity index (χ4n) is 3.22. The van der Waals surface area contributed by atoms with Crippen molar-refractivity contribution in [2.45, 2.75) is 26.3 Å². The highest BCUT2D eigenvalue weighted by Crippen LogP contribution is 2.21. The number of ether oxygens (including phenoxy) is 1. The van der Waals surface area contributed by atoms with Gasteiger partial charge in [-0.25, -0.2) is 8.42 Å². The van der Waals surface area contributed by atoms with Gasteiger partial charge < -0.3 is 10.1 Å². The topological polar surface area (TPSA) is 75.7 Å². The predicted molar refractivity (Wildman–Crippen MR) is 109 cm³/mol. The molecule has 2 aromatic rings. The molecule has 0 saturated heterocycles. The molecule has 0 aromatic heterocycles. The van der Waals surface area contributed by atoms with Gasteiger partial charge >= 0.3 is 0 Å². The van der Waals surface area contributed by atoms with Crippen LogP contribution in [-0.4, -0.2) is 44.1 Å². The fraction of sp³-hybridized carbons (Fsp3) is 0.381. The Balaban J connectivity index is 1.39. The monoisotopic (exact) mass is 402 g/mol. The average molecular weight is 403 g/mol. The summed E-state index contributed by atoms with van der Waals surface area (Å²) in [5, 5.41) is 2.71. The van der Waals surface area contributed by atoms with Crippen LogP contribution in [0.1, 0.15) is 23.1 Å². The SMILES string of the molecule is Cc1cccc(OCC(=O)NCCCS(=O)(=O)N2CCc3ccccc3C2)c1. The molecule has 150 valence electrons. The molecule has 0 fully saturated rings. The first-order chi connectivity index (χ1) is 13.4. The Morgan fingerprint density at radius 3 is 2.71 bits per heavy atom. The number of nitrogens with zero attached hydrogens (tertiary/aromatic N) is 1. The van der Waals surface area contributed by atoms with Crippen molar-refractivity contribution in [3.63, 3.8) is 0 Å². The summed E-state index contributed by atoms with van der Waals surface area (Å²) >= 11 is 0. The minimum absolute atomic E-state index is 0.0220. The quantitative estimate of drug-likeness (QED) is 0.688. The summed E-state index contributed by atoms with van der Waals surface area (Å²) in [5.74, 6) is 0.405. The van der Waals surface area contributed by atoms with Crippen molar-refractivity contribution in [1.29, 1.82) is 0 Å². The lowest BCUT2D eigenvalue weighted by molar-refractivity contribution is -0.123. The smallest absolute Gasteiger partial charge is 0.257 e. The molecule has 3 rings (SSSR count). The van der Waals surface area contributed by atoms with Gasteiger partial charge in [-0.1, -0.05) is 36.4 Å². The van der Waals surface area contributed by atoms with Gasteiger partial charge in [0, 0.05) is 19.6 Å². The summed E-state index contributed by atoms with van der Waals surface area (Å²) in [6, 6.07) is 15.4. The first-order valence-corrected chi connectivity index (χ1v) is 11.1. The third-order valence-corrected chi connectivity index (χ3v) is 6.65. The van der Waals surface area contributed by atoms with Crippen LogP contribution in [0.15, 0.2) is 48.5 Å². The largest absolute Gasteiger partial charge is 0.484 e. The van der Waals surface area contributed by atoms with Gasteiger partial charge in [0.2, 0.25) is 10.0 Å². The molecule has 1 heterocycles. The highest BCUT2D eigenvalue weighted by Gasteiger charge is 2.25. The molecule has 1 aliphatic heterocycles. The van der Waals surface area contributed by atoms with Gasteiger partial charge in [-0.2, -0.15) is 4.31 Å². The van der Waals surface area contributed by atoms with Crippen LogP contribution in [0.4, 0.5) is 0 Å². The molecule has 2 aromatic carbocycles. The van der Waals surface area contributed by atoms with Gasteiger partial charge in [-0.05, 0) is 48.6 Å². The maximum absolute atomic E-state index is 12.6. The number of benzene rings is 2. The fourth-order valence-corrected chi connectivity index (χ4v) is 4.70. The Morgan fingerprint density at radius 1 is 1.14 bits per heavy atom. The van der Waals surface area contributed by atoms with Crippen molar-refractivity contribution < 1.29 is 17.9 Å². The van der Waals surface area contributed by atoms with Gasteiger partial charge in [-0.15, -0.1) is 0 Å². The zero-order chi connectivity index (χ0) is 20.0. The molecule has 1 aliphatic rings. The molecule has 6 nitrogen and oxygen atoms in total. The van der Waals surface area contributed by atoms with Crippen LogP contribution in [0.3, 0.4) is 0 Å². The van der Waals surface area contributed by atoms with E-state index < -0.39 is 10.0 Å². The summed E-state index contributed by atoms with van der Waals surface area (Å²) in [5.41, 5.74) is 3.34. The first-order valence-electron chi connectivity index (χ1n) is 9.45. The van der Waals surface area contributed by atoms with E-state index in [1.165, 1.54) is 9.87 Å².